The third kappa shape index (κ3) is 3.94. The van der Waals surface area contributed by atoms with Crippen LogP contribution in [0.3, 0.4) is 0 Å². The highest BCUT2D eigenvalue weighted by Crippen LogP contribution is 2.64. The molecule has 1 saturated heterocycles. The van der Waals surface area contributed by atoms with Crippen LogP contribution in [0.4, 0.5) is 5.69 Å². The van der Waals surface area contributed by atoms with Gasteiger partial charge in [-0.1, -0.05) is 44.2 Å². The lowest BCUT2D eigenvalue weighted by Gasteiger charge is -2.58. The summed E-state index contributed by atoms with van der Waals surface area (Å²) in [5.74, 6) is 1.94. The first-order valence-corrected chi connectivity index (χ1v) is 13.8. The maximum absolute atomic E-state index is 13.6. The molecule has 0 radical (unpaired) electrons. The molecule has 0 spiro atoms. The van der Waals surface area contributed by atoms with E-state index in [1.807, 2.05) is 48.5 Å². The molecule has 2 aromatic carbocycles. The largest absolute Gasteiger partial charge is 0.387 e. The molecule has 1 heterocycles. The Morgan fingerprint density at radius 2 is 1.62 bits per heavy atom. The van der Waals surface area contributed by atoms with E-state index in [-0.39, 0.29) is 34.2 Å². The van der Waals surface area contributed by atoms with Gasteiger partial charge in [-0.2, -0.15) is 0 Å². The molecular weight excluding hydrogens is 460 g/mol. The Kier molecular flexibility index (Phi) is 5.85. The van der Waals surface area contributed by atoms with Crippen molar-refractivity contribution in [1.29, 1.82) is 0 Å². The fourth-order valence-electron chi connectivity index (χ4n) is 8.27. The smallest absolute Gasteiger partial charge is 0.228 e. The van der Waals surface area contributed by atoms with Gasteiger partial charge in [0.1, 0.15) is 0 Å². The first kappa shape index (κ1) is 24.1. The summed E-state index contributed by atoms with van der Waals surface area (Å²) in [6.45, 7) is 5.60. The van der Waals surface area contributed by atoms with Crippen molar-refractivity contribution in [3.63, 3.8) is 0 Å². The number of carbonyl (C=O) groups is 3. The number of fused-ring (bicyclic) bond motifs is 5. The van der Waals surface area contributed by atoms with E-state index in [0.717, 1.165) is 50.0 Å². The van der Waals surface area contributed by atoms with E-state index in [9.17, 15) is 14.4 Å². The molecule has 0 bridgehead atoms. The summed E-state index contributed by atoms with van der Waals surface area (Å²) in [4.78, 5) is 38.3. The van der Waals surface area contributed by atoms with Gasteiger partial charge in [-0.15, -0.1) is 0 Å². The number of anilines is 1. The quantitative estimate of drug-likeness (QED) is 0.527. The molecule has 5 heteroatoms. The van der Waals surface area contributed by atoms with Crippen molar-refractivity contribution in [2.24, 2.45) is 34.5 Å². The first-order valence-electron chi connectivity index (χ1n) is 13.8. The summed E-state index contributed by atoms with van der Waals surface area (Å²) in [7, 11) is 0. The van der Waals surface area contributed by atoms with E-state index >= 15 is 0 Å². The van der Waals surface area contributed by atoms with Crippen molar-refractivity contribution >= 4 is 23.2 Å². The van der Waals surface area contributed by atoms with Gasteiger partial charge in [-0.05, 0) is 79.5 Å². The zero-order valence-corrected chi connectivity index (χ0v) is 21.8. The second kappa shape index (κ2) is 8.97. The molecule has 1 aliphatic heterocycles. The van der Waals surface area contributed by atoms with Crippen molar-refractivity contribution in [3.8, 4) is 0 Å². The minimum atomic E-state index is -0.0171. The fourth-order valence-corrected chi connectivity index (χ4v) is 8.27. The van der Waals surface area contributed by atoms with Crippen molar-refractivity contribution < 1.29 is 14.4 Å². The maximum atomic E-state index is 13.6. The highest BCUT2D eigenvalue weighted by Gasteiger charge is 2.60. The Morgan fingerprint density at radius 3 is 2.38 bits per heavy atom. The molecular formula is C32H36N2O3. The average molecular weight is 497 g/mol. The van der Waals surface area contributed by atoms with Gasteiger partial charge in [-0.3, -0.25) is 14.4 Å². The van der Waals surface area contributed by atoms with Gasteiger partial charge < -0.3 is 10.6 Å². The van der Waals surface area contributed by atoms with E-state index < -0.39 is 0 Å². The number of carbonyl (C=O) groups excluding carboxylic acids is 3. The van der Waals surface area contributed by atoms with Gasteiger partial charge in [0.2, 0.25) is 5.91 Å². The number of rotatable bonds is 4. The van der Waals surface area contributed by atoms with Crippen LogP contribution in [-0.4, -0.2) is 24.0 Å². The topological polar surface area (TPSA) is 75.3 Å². The van der Waals surface area contributed by atoms with Crippen LogP contribution >= 0.6 is 0 Å². The van der Waals surface area contributed by atoms with Gasteiger partial charge >= 0.3 is 0 Å². The summed E-state index contributed by atoms with van der Waals surface area (Å²) >= 11 is 0. The minimum Gasteiger partial charge on any atom is -0.387 e. The second-order valence-electron chi connectivity index (χ2n) is 12.1. The number of nitrogens with one attached hydrogen (secondary N) is 2. The summed E-state index contributed by atoms with van der Waals surface area (Å²) in [5, 5.41) is 6.81. The number of hydrogen-bond donors (Lipinski definition) is 2. The van der Waals surface area contributed by atoms with Crippen molar-refractivity contribution in [2.45, 2.75) is 52.4 Å². The molecule has 37 heavy (non-hydrogen) atoms. The summed E-state index contributed by atoms with van der Waals surface area (Å²) < 4.78 is 0. The molecule has 2 N–H and O–H groups in total. The third-order valence-electron chi connectivity index (χ3n) is 10.4. The molecule has 3 aliphatic carbocycles. The lowest BCUT2D eigenvalue weighted by molar-refractivity contribution is -0.127. The van der Waals surface area contributed by atoms with Crippen molar-refractivity contribution in [3.05, 3.63) is 77.5 Å². The van der Waals surface area contributed by atoms with E-state index in [1.165, 1.54) is 0 Å². The van der Waals surface area contributed by atoms with E-state index in [0.29, 0.717) is 35.3 Å². The molecule has 4 unspecified atom stereocenters. The minimum absolute atomic E-state index is 0.0123. The zero-order valence-electron chi connectivity index (χ0n) is 21.8. The molecule has 192 valence electrons. The highest BCUT2D eigenvalue weighted by molar-refractivity contribution is 6.09. The number of amides is 1. The van der Waals surface area contributed by atoms with Crippen LogP contribution in [0, 0.1) is 34.5 Å². The van der Waals surface area contributed by atoms with E-state index in [2.05, 4.69) is 24.5 Å². The molecule has 6 atom stereocenters. The average Bonchev–Trinajstić information content (AvgIpc) is 3.27. The van der Waals surface area contributed by atoms with Gasteiger partial charge in [0.15, 0.2) is 11.6 Å². The molecule has 0 aromatic heterocycles. The van der Waals surface area contributed by atoms with Crippen molar-refractivity contribution in [2.75, 3.05) is 11.9 Å². The van der Waals surface area contributed by atoms with Crippen LogP contribution in [0.15, 0.2) is 66.4 Å². The van der Waals surface area contributed by atoms with Gasteiger partial charge in [0.05, 0.1) is 0 Å². The summed E-state index contributed by atoms with van der Waals surface area (Å²) in [6, 6.07) is 16.5. The third-order valence-corrected chi connectivity index (χ3v) is 10.4. The first-order chi connectivity index (χ1) is 17.8. The molecule has 3 fully saturated rings. The van der Waals surface area contributed by atoms with Crippen molar-refractivity contribution in [1.82, 2.24) is 5.32 Å². The Labute approximate surface area is 219 Å². The highest BCUT2D eigenvalue weighted by atomic mass is 16.2. The molecule has 2 aromatic rings. The molecule has 4 aliphatic rings. The zero-order chi connectivity index (χ0) is 25.8. The number of hydrogen-bond acceptors (Lipinski definition) is 4. The number of allylic oxidation sites excluding steroid dienone is 2. The fraction of sp³-hybridized carbons (Fsp3) is 0.469. The van der Waals surface area contributed by atoms with Gasteiger partial charge in [0.25, 0.3) is 0 Å². The van der Waals surface area contributed by atoms with Crippen LogP contribution in [0.1, 0.15) is 68.3 Å². The van der Waals surface area contributed by atoms with E-state index in [4.69, 9.17) is 0 Å². The monoisotopic (exact) mass is 496 g/mol. The van der Waals surface area contributed by atoms with Gasteiger partial charge in [-0.25, -0.2) is 0 Å². The predicted molar refractivity (Wildman–Crippen MR) is 144 cm³/mol. The SMILES string of the molecule is C[C@]12CCC3C(CNC4=CC(=O)CC[C@@]43C)C1CCC2C(=O)Nc1ccc(C(=O)c2ccccc2)cc1. The van der Waals surface area contributed by atoms with Crippen LogP contribution in [0.5, 0.6) is 0 Å². The van der Waals surface area contributed by atoms with Gasteiger partial charge in [0, 0.05) is 52.9 Å². The standard InChI is InChI=1S/C32H36N2O3/c1-31-17-15-26-24(19-33-28-18-23(35)14-16-32(26,28)2)25(31)12-13-27(31)30(37)34-22-10-8-21(9-11-22)29(36)20-6-4-3-5-7-20/h3-11,18,24-27,33H,12-17,19H2,1-2H3,(H,34,37)/t24?,25?,26?,27?,31-,32+/m0/s1. The van der Waals surface area contributed by atoms with Crippen LogP contribution < -0.4 is 10.6 Å². The predicted octanol–water partition coefficient (Wildman–Crippen LogP) is 5.77. The summed E-state index contributed by atoms with van der Waals surface area (Å²) in [5.41, 5.74) is 3.20. The molecule has 6 rings (SSSR count). The normalized spacial score (nSPS) is 34.3. The second-order valence-corrected chi connectivity index (χ2v) is 12.1. The number of benzene rings is 2. The molecule has 5 nitrogen and oxygen atoms in total. The van der Waals surface area contributed by atoms with Crippen LogP contribution in [0.2, 0.25) is 0 Å². The number of piperidine rings is 1. The number of ketones is 2. The Hall–Kier alpha value is -3.21. The summed E-state index contributed by atoms with van der Waals surface area (Å²) in [6.07, 6.45) is 7.60. The Bertz CT molecular complexity index is 1270. The Morgan fingerprint density at radius 1 is 0.892 bits per heavy atom. The van der Waals surface area contributed by atoms with E-state index in [1.54, 1.807) is 12.1 Å². The Balaban J connectivity index is 1.15. The lowest BCUT2D eigenvalue weighted by Crippen LogP contribution is -2.57. The molecule has 2 saturated carbocycles. The lowest BCUT2D eigenvalue weighted by atomic mass is 9.50. The van der Waals surface area contributed by atoms with Crippen LogP contribution in [-0.2, 0) is 9.59 Å². The molecule has 1 amide bonds. The maximum Gasteiger partial charge on any atom is 0.228 e. The van der Waals surface area contributed by atoms with Crippen LogP contribution in [0.25, 0.3) is 0 Å².